The van der Waals surface area contributed by atoms with Crippen LogP contribution >= 0.6 is 0 Å². The summed E-state index contributed by atoms with van der Waals surface area (Å²) in [7, 11) is 0. The Balaban J connectivity index is 1.07. The first kappa shape index (κ1) is 31.8. The minimum atomic E-state index is 0.0135. The first-order valence-electron chi connectivity index (χ1n) is 18.4. The number of hydrogen-bond acceptors (Lipinski definition) is 3. The number of fused-ring (bicyclic) bond motifs is 5. The van der Waals surface area contributed by atoms with Gasteiger partial charge in [-0.05, 0) is 52.4 Å². The van der Waals surface area contributed by atoms with Gasteiger partial charge in [0.15, 0.2) is 0 Å². The van der Waals surface area contributed by atoms with Crippen LogP contribution in [0.2, 0.25) is 0 Å². The molecule has 0 radical (unpaired) electrons. The molecule has 2 atom stereocenters. The van der Waals surface area contributed by atoms with E-state index in [9.17, 15) is 0 Å². The first-order valence-corrected chi connectivity index (χ1v) is 18.4. The van der Waals surface area contributed by atoms with Crippen LogP contribution in [-0.2, 0) is 6.54 Å². The van der Waals surface area contributed by atoms with E-state index in [0.29, 0.717) is 12.4 Å². The molecule has 1 aliphatic heterocycles. The van der Waals surface area contributed by atoms with Crippen LogP contribution < -0.4 is 5.32 Å². The molecule has 10 rings (SSSR count). The van der Waals surface area contributed by atoms with Gasteiger partial charge in [0.2, 0.25) is 0 Å². The van der Waals surface area contributed by atoms with Gasteiger partial charge >= 0.3 is 0 Å². The number of hydrazine groups is 1. The largest absolute Gasteiger partial charge is 0.354 e. The summed E-state index contributed by atoms with van der Waals surface area (Å²) >= 11 is 0. The Kier molecular flexibility index (Phi) is 7.78. The van der Waals surface area contributed by atoms with E-state index in [2.05, 4.69) is 178 Å². The highest BCUT2D eigenvalue weighted by atomic mass is 15.9. The van der Waals surface area contributed by atoms with Crippen LogP contribution in [0.1, 0.15) is 22.9 Å². The van der Waals surface area contributed by atoms with Crippen molar-refractivity contribution in [1.29, 1.82) is 5.41 Å². The zero-order chi connectivity index (χ0) is 36.0. The van der Waals surface area contributed by atoms with Crippen molar-refractivity contribution in [3.63, 3.8) is 0 Å². The molecule has 0 amide bonds. The Labute approximate surface area is 314 Å². The Morgan fingerprint density at radius 1 is 0.556 bits per heavy atom. The number of anilines is 2. The lowest BCUT2D eigenvalue weighted by Gasteiger charge is -2.20. The SMILES string of the molecule is N=C(c1ccccc1)N1C(c2ccccc2)N1Cc1ccc(Nc2c(-c3ccccc3)c3c(c4ccccc24)c2ccccc2n3-c2ccccc2)cc1. The Morgan fingerprint density at radius 3 is 1.83 bits per heavy atom. The molecule has 0 bridgehead atoms. The maximum Gasteiger partial charge on any atom is 0.144 e. The molecule has 54 heavy (non-hydrogen) atoms. The van der Waals surface area contributed by atoms with Gasteiger partial charge in [-0.25, -0.2) is 0 Å². The van der Waals surface area contributed by atoms with Crippen molar-refractivity contribution in [1.82, 2.24) is 14.6 Å². The maximum atomic E-state index is 9.07. The van der Waals surface area contributed by atoms with Gasteiger partial charge in [-0.3, -0.25) is 10.4 Å². The van der Waals surface area contributed by atoms with Gasteiger partial charge in [-0.15, -0.1) is 0 Å². The molecule has 2 unspecified atom stereocenters. The average molecular weight is 696 g/mol. The van der Waals surface area contributed by atoms with Gasteiger partial charge in [0, 0.05) is 45.2 Å². The van der Waals surface area contributed by atoms with Gasteiger partial charge in [-0.1, -0.05) is 164 Å². The maximum absolute atomic E-state index is 9.07. The molecule has 0 saturated carbocycles. The molecule has 1 aliphatic rings. The lowest BCUT2D eigenvalue weighted by atomic mass is 9.93. The third-order valence-corrected chi connectivity index (χ3v) is 10.6. The van der Waals surface area contributed by atoms with Crippen molar-refractivity contribution in [2.45, 2.75) is 12.7 Å². The normalized spacial score (nSPS) is 15.1. The summed E-state index contributed by atoms with van der Waals surface area (Å²) in [6, 6.07) is 68.3. The molecular formula is C49H37N5. The number of nitrogens with one attached hydrogen (secondary N) is 2. The fourth-order valence-electron chi connectivity index (χ4n) is 8.09. The smallest absolute Gasteiger partial charge is 0.144 e. The molecular weight excluding hydrogens is 659 g/mol. The zero-order valence-corrected chi connectivity index (χ0v) is 29.6. The third-order valence-electron chi connectivity index (χ3n) is 10.6. The number of para-hydroxylation sites is 2. The number of hydrogen-bond donors (Lipinski definition) is 2. The standard InChI is InChI=1S/C49H37N5/c50-48(36-19-7-2-8-20-36)54-49(37-21-9-3-10-22-37)52(54)33-34-29-31-38(32-30-34)51-46-41-26-14-13-25-40(41)45-42-27-15-16-28-43(42)53(39-23-11-4-12-24-39)47(45)44(46)35-17-5-1-6-18-35/h1-32,49-51H,33H2. The second-order valence-corrected chi connectivity index (χ2v) is 13.8. The van der Waals surface area contributed by atoms with Crippen molar-refractivity contribution in [3.05, 3.63) is 211 Å². The molecule has 2 heterocycles. The molecule has 9 aromatic rings. The van der Waals surface area contributed by atoms with E-state index >= 15 is 0 Å². The van der Waals surface area contributed by atoms with Crippen LogP contribution in [0.15, 0.2) is 194 Å². The van der Waals surface area contributed by atoms with Crippen LogP contribution in [0.25, 0.3) is 49.4 Å². The van der Waals surface area contributed by atoms with Gasteiger partial charge in [0.1, 0.15) is 12.0 Å². The molecule has 1 aromatic heterocycles. The molecule has 5 nitrogen and oxygen atoms in total. The highest BCUT2D eigenvalue weighted by Gasteiger charge is 2.48. The first-order chi connectivity index (χ1) is 26.7. The van der Waals surface area contributed by atoms with Gasteiger partial charge in [-0.2, -0.15) is 5.01 Å². The fraction of sp³-hybridized carbons (Fsp3) is 0.0408. The number of aromatic nitrogens is 1. The lowest BCUT2D eigenvalue weighted by Crippen LogP contribution is -2.16. The van der Waals surface area contributed by atoms with Gasteiger partial charge in [0.05, 0.1) is 16.7 Å². The number of amidine groups is 1. The number of nitrogens with zero attached hydrogens (tertiary/aromatic N) is 3. The topological polar surface area (TPSA) is 46.8 Å². The van der Waals surface area contributed by atoms with Gasteiger partial charge in [0.25, 0.3) is 0 Å². The zero-order valence-electron chi connectivity index (χ0n) is 29.6. The van der Waals surface area contributed by atoms with E-state index in [0.717, 1.165) is 28.2 Å². The van der Waals surface area contributed by atoms with E-state index in [1.54, 1.807) is 0 Å². The minimum absolute atomic E-state index is 0.0135. The summed E-state index contributed by atoms with van der Waals surface area (Å²) in [6.45, 7) is 0.691. The average Bonchev–Trinajstić information content (AvgIpc) is 3.85. The van der Waals surface area contributed by atoms with Crippen LogP contribution in [0, 0.1) is 5.41 Å². The van der Waals surface area contributed by atoms with E-state index in [-0.39, 0.29) is 6.17 Å². The summed E-state index contributed by atoms with van der Waals surface area (Å²) in [4.78, 5) is 0. The minimum Gasteiger partial charge on any atom is -0.354 e. The third kappa shape index (κ3) is 5.42. The molecule has 1 saturated heterocycles. The Hall–Kier alpha value is -6.95. The monoisotopic (exact) mass is 695 g/mol. The van der Waals surface area contributed by atoms with Crippen molar-refractivity contribution in [2.24, 2.45) is 0 Å². The Bertz CT molecular complexity index is 2780. The summed E-state index contributed by atoms with van der Waals surface area (Å²) in [6.07, 6.45) is 0.0135. The summed E-state index contributed by atoms with van der Waals surface area (Å²) in [5.74, 6) is 0.506. The molecule has 0 aliphatic carbocycles. The molecule has 0 spiro atoms. The number of benzene rings is 8. The van der Waals surface area contributed by atoms with E-state index < -0.39 is 0 Å². The predicted octanol–water partition coefficient (Wildman–Crippen LogP) is 12.1. The van der Waals surface area contributed by atoms with Crippen LogP contribution in [-0.4, -0.2) is 20.4 Å². The molecule has 5 heteroatoms. The molecule has 8 aromatic carbocycles. The fourth-order valence-corrected chi connectivity index (χ4v) is 8.09. The van der Waals surface area contributed by atoms with E-state index in [1.165, 1.54) is 49.3 Å². The van der Waals surface area contributed by atoms with E-state index in [4.69, 9.17) is 5.41 Å². The summed E-state index contributed by atoms with van der Waals surface area (Å²) in [5, 5.41) is 22.2. The quantitative estimate of drug-likeness (QED) is 0.0945. The van der Waals surface area contributed by atoms with Crippen LogP contribution in [0.4, 0.5) is 11.4 Å². The van der Waals surface area contributed by atoms with Crippen molar-refractivity contribution < 1.29 is 0 Å². The van der Waals surface area contributed by atoms with Crippen molar-refractivity contribution >= 4 is 49.8 Å². The van der Waals surface area contributed by atoms with Crippen molar-refractivity contribution in [2.75, 3.05) is 5.32 Å². The van der Waals surface area contributed by atoms with Gasteiger partial charge < -0.3 is 9.88 Å². The molecule has 2 N–H and O–H groups in total. The molecule has 258 valence electrons. The number of rotatable bonds is 8. The second-order valence-electron chi connectivity index (χ2n) is 13.8. The lowest BCUT2D eigenvalue weighted by molar-refractivity contribution is 0.391. The Morgan fingerprint density at radius 2 is 1.13 bits per heavy atom. The highest BCUT2D eigenvalue weighted by Crippen LogP contribution is 2.48. The van der Waals surface area contributed by atoms with E-state index in [1.807, 2.05) is 36.4 Å². The van der Waals surface area contributed by atoms with Crippen LogP contribution in [0.3, 0.4) is 0 Å². The summed E-state index contributed by atoms with van der Waals surface area (Å²) in [5.41, 5.74) is 11.2. The van der Waals surface area contributed by atoms with Crippen LogP contribution in [0.5, 0.6) is 0 Å². The molecule has 1 fully saturated rings. The second kappa shape index (κ2) is 13.2. The highest BCUT2D eigenvalue weighted by molar-refractivity contribution is 6.29. The summed E-state index contributed by atoms with van der Waals surface area (Å²) < 4.78 is 2.43. The predicted molar refractivity (Wildman–Crippen MR) is 223 cm³/mol. The van der Waals surface area contributed by atoms with Crippen molar-refractivity contribution in [3.8, 4) is 16.8 Å².